The van der Waals surface area contributed by atoms with E-state index in [1.807, 2.05) is 31.2 Å². The van der Waals surface area contributed by atoms with Gasteiger partial charge in [-0.05, 0) is 13.0 Å². The molecule has 2 aromatic rings. The number of methoxy groups -OCH3 is 1. The Morgan fingerprint density at radius 2 is 2.19 bits per heavy atom. The molecule has 5 heteroatoms. The number of hydrogen-bond donors (Lipinski definition) is 1. The van der Waals surface area contributed by atoms with Crippen LogP contribution in [0, 0.1) is 0 Å². The second kappa shape index (κ2) is 6.10. The fourth-order valence-corrected chi connectivity index (χ4v) is 2.54. The van der Waals surface area contributed by atoms with Crippen LogP contribution in [0.5, 0.6) is 5.75 Å². The first-order chi connectivity index (χ1) is 10.3. The summed E-state index contributed by atoms with van der Waals surface area (Å²) in [6, 6.07) is 9.99. The van der Waals surface area contributed by atoms with E-state index in [1.54, 1.807) is 7.11 Å². The van der Waals surface area contributed by atoms with Gasteiger partial charge in [0.2, 0.25) is 0 Å². The Kier molecular flexibility index (Phi) is 4.01. The SMILES string of the molecule is CCNc1cc(COC)nc(C2COc3ccccc32)n1. The van der Waals surface area contributed by atoms with Crippen molar-refractivity contribution in [1.29, 1.82) is 0 Å². The molecule has 21 heavy (non-hydrogen) atoms. The highest BCUT2D eigenvalue weighted by Crippen LogP contribution is 2.36. The van der Waals surface area contributed by atoms with Gasteiger partial charge in [-0.3, -0.25) is 0 Å². The van der Waals surface area contributed by atoms with Gasteiger partial charge in [-0.1, -0.05) is 18.2 Å². The highest BCUT2D eigenvalue weighted by atomic mass is 16.5. The molecule has 1 aromatic heterocycles. The molecular weight excluding hydrogens is 266 g/mol. The Balaban J connectivity index is 1.98. The maximum absolute atomic E-state index is 5.73. The van der Waals surface area contributed by atoms with Crippen molar-refractivity contribution in [2.75, 3.05) is 25.6 Å². The summed E-state index contributed by atoms with van der Waals surface area (Å²) in [6.45, 7) is 3.93. The molecule has 1 aliphatic rings. The number of benzene rings is 1. The van der Waals surface area contributed by atoms with Crippen LogP contribution < -0.4 is 10.1 Å². The number of para-hydroxylation sites is 1. The van der Waals surface area contributed by atoms with Crippen LogP contribution in [0.1, 0.15) is 29.9 Å². The van der Waals surface area contributed by atoms with E-state index < -0.39 is 0 Å². The molecule has 0 spiro atoms. The Morgan fingerprint density at radius 3 is 3.00 bits per heavy atom. The third-order valence-electron chi connectivity index (χ3n) is 3.46. The summed E-state index contributed by atoms with van der Waals surface area (Å²) >= 11 is 0. The summed E-state index contributed by atoms with van der Waals surface area (Å²) < 4.78 is 10.9. The number of nitrogens with one attached hydrogen (secondary N) is 1. The summed E-state index contributed by atoms with van der Waals surface area (Å²) in [5.41, 5.74) is 2.03. The third kappa shape index (κ3) is 2.83. The molecule has 1 aromatic carbocycles. The third-order valence-corrected chi connectivity index (χ3v) is 3.46. The lowest BCUT2D eigenvalue weighted by molar-refractivity contribution is 0.181. The van der Waals surface area contributed by atoms with Gasteiger partial charge in [0.1, 0.15) is 24.0 Å². The van der Waals surface area contributed by atoms with Crippen molar-refractivity contribution in [2.45, 2.75) is 19.4 Å². The molecule has 0 aliphatic carbocycles. The molecular formula is C16H19N3O2. The maximum Gasteiger partial charge on any atom is 0.142 e. The van der Waals surface area contributed by atoms with Crippen LogP contribution in [0.15, 0.2) is 30.3 Å². The Bertz CT molecular complexity index is 606. The second-order valence-corrected chi connectivity index (χ2v) is 4.97. The minimum Gasteiger partial charge on any atom is -0.492 e. The van der Waals surface area contributed by atoms with Gasteiger partial charge in [0.25, 0.3) is 0 Å². The van der Waals surface area contributed by atoms with Gasteiger partial charge in [0.05, 0.1) is 18.2 Å². The second-order valence-electron chi connectivity index (χ2n) is 4.97. The topological polar surface area (TPSA) is 56.3 Å². The van der Waals surface area contributed by atoms with Gasteiger partial charge in [-0.2, -0.15) is 0 Å². The van der Waals surface area contributed by atoms with Crippen LogP contribution >= 0.6 is 0 Å². The largest absolute Gasteiger partial charge is 0.492 e. The zero-order valence-electron chi connectivity index (χ0n) is 12.3. The van der Waals surface area contributed by atoms with E-state index >= 15 is 0 Å². The summed E-state index contributed by atoms with van der Waals surface area (Å²) in [5, 5.41) is 3.25. The molecule has 1 atom stereocenters. The quantitative estimate of drug-likeness (QED) is 0.915. The highest BCUT2D eigenvalue weighted by Gasteiger charge is 2.28. The van der Waals surface area contributed by atoms with Crippen molar-refractivity contribution in [3.63, 3.8) is 0 Å². The van der Waals surface area contributed by atoms with Crippen LogP contribution in [0.2, 0.25) is 0 Å². The zero-order valence-corrected chi connectivity index (χ0v) is 12.3. The smallest absolute Gasteiger partial charge is 0.142 e. The summed E-state index contributed by atoms with van der Waals surface area (Å²) in [6.07, 6.45) is 0. The van der Waals surface area contributed by atoms with Crippen molar-refractivity contribution in [3.8, 4) is 5.75 Å². The van der Waals surface area contributed by atoms with Crippen LogP contribution in [0.3, 0.4) is 0 Å². The molecule has 1 aliphatic heterocycles. The standard InChI is InChI=1S/C16H19N3O2/c1-3-17-15-8-11(9-20-2)18-16(19-15)13-10-21-14-7-5-4-6-12(13)14/h4-8,13H,3,9-10H2,1-2H3,(H,17,18,19). The summed E-state index contributed by atoms with van der Waals surface area (Å²) in [7, 11) is 1.67. The van der Waals surface area contributed by atoms with E-state index in [0.717, 1.165) is 35.2 Å². The molecule has 3 rings (SSSR count). The number of nitrogens with zero attached hydrogens (tertiary/aromatic N) is 2. The molecule has 0 fully saturated rings. The molecule has 110 valence electrons. The van der Waals surface area contributed by atoms with Crippen LogP contribution in [0.4, 0.5) is 5.82 Å². The summed E-state index contributed by atoms with van der Waals surface area (Å²) in [4.78, 5) is 9.26. The molecule has 0 amide bonds. The van der Waals surface area contributed by atoms with E-state index in [4.69, 9.17) is 9.47 Å². The molecule has 0 saturated carbocycles. The average molecular weight is 285 g/mol. The minimum absolute atomic E-state index is 0.0791. The lowest BCUT2D eigenvalue weighted by atomic mass is 10.0. The maximum atomic E-state index is 5.73. The Hall–Kier alpha value is -2.14. The van der Waals surface area contributed by atoms with Gasteiger partial charge < -0.3 is 14.8 Å². The highest BCUT2D eigenvalue weighted by molar-refractivity contribution is 5.44. The predicted molar refractivity (Wildman–Crippen MR) is 80.7 cm³/mol. The van der Waals surface area contributed by atoms with E-state index in [1.165, 1.54) is 0 Å². The monoisotopic (exact) mass is 285 g/mol. The Labute approximate surface area is 124 Å². The van der Waals surface area contributed by atoms with E-state index in [9.17, 15) is 0 Å². The molecule has 0 radical (unpaired) electrons. The van der Waals surface area contributed by atoms with Crippen molar-refractivity contribution in [3.05, 3.63) is 47.4 Å². The van der Waals surface area contributed by atoms with E-state index in [2.05, 4.69) is 21.4 Å². The van der Waals surface area contributed by atoms with Crippen molar-refractivity contribution < 1.29 is 9.47 Å². The Morgan fingerprint density at radius 1 is 1.33 bits per heavy atom. The van der Waals surface area contributed by atoms with Crippen LogP contribution in [-0.4, -0.2) is 30.2 Å². The molecule has 1 N–H and O–H groups in total. The first-order valence-corrected chi connectivity index (χ1v) is 7.14. The van der Waals surface area contributed by atoms with Crippen LogP contribution in [0.25, 0.3) is 0 Å². The zero-order chi connectivity index (χ0) is 14.7. The lowest BCUT2D eigenvalue weighted by Crippen LogP contribution is -2.12. The number of hydrogen-bond acceptors (Lipinski definition) is 5. The van der Waals surface area contributed by atoms with E-state index in [-0.39, 0.29) is 5.92 Å². The molecule has 2 heterocycles. The molecule has 0 bridgehead atoms. The number of aromatic nitrogens is 2. The summed E-state index contributed by atoms with van der Waals surface area (Å²) in [5.74, 6) is 2.62. The van der Waals surface area contributed by atoms with Gasteiger partial charge >= 0.3 is 0 Å². The van der Waals surface area contributed by atoms with Crippen molar-refractivity contribution >= 4 is 5.82 Å². The fraction of sp³-hybridized carbons (Fsp3) is 0.375. The average Bonchev–Trinajstić information content (AvgIpc) is 2.92. The number of rotatable bonds is 5. The number of ether oxygens (including phenoxy) is 2. The van der Waals surface area contributed by atoms with Gasteiger partial charge in [0, 0.05) is 25.3 Å². The van der Waals surface area contributed by atoms with Gasteiger partial charge in [-0.25, -0.2) is 9.97 Å². The predicted octanol–water partition coefficient (Wildman–Crippen LogP) is 2.58. The molecule has 1 unspecified atom stereocenters. The minimum atomic E-state index is 0.0791. The van der Waals surface area contributed by atoms with E-state index in [0.29, 0.717) is 13.2 Å². The fourth-order valence-electron chi connectivity index (χ4n) is 2.54. The first kappa shape index (κ1) is 13.8. The molecule has 5 nitrogen and oxygen atoms in total. The first-order valence-electron chi connectivity index (χ1n) is 7.14. The molecule has 0 saturated heterocycles. The van der Waals surface area contributed by atoms with Crippen molar-refractivity contribution in [2.24, 2.45) is 0 Å². The van der Waals surface area contributed by atoms with Crippen molar-refractivity contribution in [1.82, 2.24) is 9.97 Å². The normalized spacial score (nSPS) is 16.4. The number of anilines is 1. The van der Waals surface area contributed by atoms with Crippen LogP contribution in [-0.2, 0) is 11.3 Å². The number of fused-ring (bicyclic) bond motifs is 1. The van der Waals surface area contributed by atoms with Gasteiger partial charge in [-0.15, -0.1) is 0 Å². The van der Waals surface area contributed by atoms with Gasteiger partial charge in [0.15, 0.2) is 0 Å². The lowest BCUT2D eigenvalue weighted by Gasteiger charge is -2.12.